The number of aliphatic hydroxyl groups is 1. The number of anilines is 1. The van der Waals surface area contributed by atoms with E-state index in [9.17, 15) is 9.90 Å². The Balaban J connectivity index is 1.27. The molecular weight excluding hydrogens is 378 g/mol. The number of ether oxygens (including phenoxy) is 2. The van der Waals surface area contributed by atoms with Gasteiger partial charge in [0.2, 0.25) is 0 Å². The number of para-hydroxylation sites is 1. The molecule has 150 valence electrons. The van der Waals surface area contributed by atoms with Crippen molar-refractivity contribution >= 4 is 22.9 Å². The molecule has 2 N–H and O–H groups in total. The fraction of sp³-hybridized carbons (Fsp3) is 0.450. The van der Waals surface area contributed by atoms with Crippen LogP contribution in [0.3, 0.4) is 0 Å². The predicted molar refractivity (Wildman–Crippen MR) is 109 cm³/mol. The van der Waals surface area contributed by atoms with E-state index in [2.05, 4.69) is 21.2 Å². The van der Waals surface area contributed by atoms with Gasteiger partial charge in [-0.15, -0.1) is 11.3 Å². The predicted octanol–water partition coefficient (Wildman–Crippen LogP) is 1.43. The number of piperazine rings is 1. The number of nitrogens with one attached hydrogen (secondary N) is 1. The van der Waals surface area contributed by atoms with E-state index < -0.39 is 0 Å². The summed E-state index contributed by atoms with van der Waals surface area (Å²) >= 11 is 1.46. The van der Waals surface area contributed by atoms with Gasteiger partial charge in [-0.25, -0.2) is 0 Å². The van der Waals surface area contributed by atoms with E-state index in [1.807, 2.05) is 29.6 Å². The van der Waals surface area contributed by atoms with Crippen LogP contribution in [-0.4, -0.2) is 74.5 Å². The molecule has 2 aliphatic heterocycles. The molecule has 0 bridgehead atoms. The van der Waals surface area contributed by atoms with Gasteiger partial charge in [0.15, 0.2) is 17.6 Å². The third-order valence-corrected chi connectivity index (χ3v) is 5.91. The quantitative estimate of drug-likeness (QED) is 0.760. The Labute approximate surface area is 168 Å². The van der Waals surface area contributed by atoms with Crippen LogP contribution in [0.1, 0.15) is 9.67 Å². The third kappa shape index (κ3) is 4.24. The first-order valence-electron chi connectivity index (χ1n) is 9.57. The second kappa shape index (κ2) is 8.81. The fourth-order valence-corrected chi connectivity index (χ4v) is 4.15. The lowest BCUT2D eigenvalue weighted by atomic mass is 10.2. The molecule has 4 rings (SSSR count). The van der Waals surface area contributed by atoms with E-state index >= 15 is 0 Å². The van der Waals surface area contributed by atoms with Crippen LogP contribution >= 0.6 is 11.3 Å². The Kier molecular flexibility index (Phi) is 5.99. The number of carbonyl (C=O) groups is 1. The largest absolute Gasteiger partial charge is 0.484 e. The topological polar surface area (TPSA) is 74.3 Å². The first-order chi connectivity index (χ1) is 13.7. The minimum Gasteiger partial charge on any atom is -0.484 e. The normalized spacial score (nSPS) is 19.5. The van der Waals surface area contributed by atoms with Crippen molar-refractivity contribution in [3.8, 4) is 11.5 Å². The maximum Gasteiger partial charge on any atom is 0.261 e. The van der Waals surface area contributed by atoms with Crippen LogP contribution in [0.25, 0.3) is 0 Å². The van der Waals surface area contributed by atoms with Crippen LogP contribution in [0.2, 0.25) is 0 Å². The third-order valence-electron chi connectivity index (χ3n) is 5.04. The summed E-state index contributed by atoms with van der Waals surface area (Å²) in [4.78, 5) is 17.4. The molecule has 7 nitrogen and oxygen atoms in total. The highest BCUT2D eigenvalue weighted by Gasteiger charge is 2.26. The number of nitrogens with zero attached hydrogens (tertiary/aromatic N) is 2. The molecule has 8 heteroatoms. The first-order valence-corrected chi connectivity index (χ1v) is 10.4. The Hall–Kier alpha value is -2.29. The average Bonchev–Trinajstić information content (AvgIpc) is 3.28. The summed E-state index contributed by atoms with van der Waals surface area (Å²) in [5, 5.41) is 14.2. The standard InChI is InChI=1S/C20H25N3O4S/c24-13-15-14-26-19-16(3-1-4-17(19)27-15)23-10-8-22(9-11-23)7-6-21-20(25)18-5-2-12-28-18/h1-5,12,15,24H,6-11,13-14H2,(H,21,25). The number of amides is 1. The number of fused-ring (bicyclic) bond motifs is 1. The van der Waals surface area contributed by atoms with Crippen LogP contribution < -0.4 is 19.7 Å². The van der Waals surface area contributed by atoms with Crippen LogP contribution in [0.15, 0.2) is 35.7 Å². The average molecular weight is 404 g/mol. The van der Waals surface area contributed by atoms with Crippen LogP contribution in [0, 0.1) is 0 Å². The monoisotopic (exact) mass is 403 g/mol. The highest BCUT2D eigenvalue weighted by molar-refractivity contribution is 7.12. The molecule has 1 atom stereocenters. The second-order valence-corrected chi connectivity index (χ2v) is 7.85. The van der Waals surface area contributed by atoms with Crippen molar-refractivity contribution in [2.75, 3.05) is 57.4 Å². The van der Waals surface area contributed by atoms with Gasteiger partial charge in [0.05, 0.1) is 17.2 Å². The smallest absolute Gasteiger partial charge is 0.261 e. The summed E-state index contributed by atoms with van der Waals surface area (Å²) < 4.78 is 11.7. The van der Waals surface area contributed by atoms with E-state index in [0.717, 1.165) is 49.0 Å². The number of benzene rings is 1. The Bertz CT molecular complexity index is 791. The number of thiophene rings is 1. The first kappa shape index (κ1) is 19.0. The number of hydrogen-bond donors (Lipinski definition) is 2. The zero-order valence-corrected chi connectivity index (χ0v) is 16.5. The van der Waals surface area contributed by atoms with Crippen molar-refractivity contribution < 1.29 is 19.4 Å². The van der Waals surface area contributed by atoms with E-state index in [1.54, 1.807) is 0 Å². The van der Waals surface area contributed by atoms with Gasteiger partial charge in [-0.3, -0.25) is 9.69 Å². The molecular formula is C20H25N3O4S. The zero-order chi connectivity index (χ0) is 19.3. The highest BCUT2D eigenvalue weighted by atomic mass is 32.1. The van der Waals surface area contributed by atoms with Gasteiger partial charge in [0.1, 0.15) is 6.61 Å². The van der Waals surface area contributed by atoms with Gasteiger partial charge in [0, 0.05) is 39.3 Å². The summed E-state index contributed by atoms with van der Waals surface area (Å²) in [5.74, 6) is 1.47. The molecule has 0 saturated carbocycles. The molecule has 0 radical (unpaired) electrons. The van der Waals surface area contributed by atoms with Crippen molar-refractivity contribution in [1.29, 1.82) is 0 Å². The summed E-state index contributed by atoms with van der Waals surface area (Å²) in [6.45, 7) is 5.45. The molecule has 1 amide bonds. The Morgan fingerprint density at radius 1 is 1.21 bits per heavy atom. The maximum atomic E-state index is 12.0. The number of rotatable bonds is 6. The van der Waals surface area contributed by atoms with Crippen molar-refractivity contribution in [3.63, 3.8) is 0 Å². The molecule has 1 unspecified atom stereocenters. The van der Waals surface area contributed by atoms with E-state index in [-0.39, 0.29) is 18.6 Å². The molecule has 1 fully saturated rings. The maximum absolute atomic E-state index is 12.0. The minimum atomic E-state index is -0.302. The van der Waals surface area contributed by atoms with E-state index in [1.165, 1.54) is 11.3 Å². The molecule has 2 aromatic rings. The minimum absolute atomic E-state index is 0.00267. The van der Waals surface area contributed by atoms with E-state index in [0.29, 0.717) is 18.9 Å². The highest BCUT2D eigenvalue weighted by Crippen LogP contribution is 2.40. The van der Waals surface area contributed by atoms with Crippen molar-refractivity contribution in [1.82, 2.24) is 10.2 Å². The Morgan fingerprint density at radius 3 is 2.82 bits per heavy atom. The van der Waals surface area contributed by atoms with Crippen molar-refractivity contribution in [3.05, 3.63) is 40.6 Å². The molecule has 3 heterocycles. The SMILES string of the molecule is O=C(NCCN1CCN(c2cccc3c2OCC(CO)O3)CC1)c1cccs1. The molecule has 0 aliphatic carbocycles. The molecule has 2 aliphatic rings. The molecule has 28 heavy (non-hydrogen) atoms. The summed E-state index contributed by atoms with van der Waals surface area (Å²) in [5.41, 5.74) is 1.04. The molecule has 1 aromatic heterocycles. The van der Waals surface area contributed by atoms with Crippen LogP contribution in [-0.2, 0) is 0 Å². The lowest BCUT2D eigenvalue weighted by Gasteiger charge is -2.38. The molecule has 1 saturated heterocycles. The Morgan fingerprint density at radius 2 is 2.07 bits per heavy atom. The summed E-state index contributed by atoms with van der Waals surface area (Å²) in [6, 6.07) is 9.63. The van der Waals surface area contributed by atoms with Crippen molar-refractivity contribution in [2.45, 2.75) is 6.10 Å². The molecule has 1 aromatic carbocycles. The van der Waals surface area contributed by atoms with Crippen LogP contribution in [0.5, 0.6) is 11.5 Å². The van der Waals surface area contributed by atoms with E-state index in [4.69, 9.17) is 9.47 Å². The lowest BCUT2D eigenvalue weighted by molar-refractivity contribution is 0.0459. The van der Waals surface area contributed by atoms with Crippen molar-refractivity contribution in [2.24, 2.45) is 0 Å². The van der Waals surface area contributed by atoms with Crippen LogP contribution in [0.4, 0.5) is 5.69 Å². The van der Waals surface area contributed by atoms with Gasteiger partial charge in [-0.2, -0.15) is 0 Å². The fourth-order valence-electron chi connectivity index (χ4n) is 3.51. The van der Waals surface area contributed by atoms with Gasteiger partial charge in [-0.1, -0.05) is 12.1 Å². The number of hydrogen-bond acceptors (Lipinski definition) is 7. The number of carbonyl (C=O) groups excluding carboxylic acids is 1. The summed E-state index contributed by atoms with van der Waals surface area (Å²) in [7, 11) is 0. The second-order valence-electron chi connectivity index (χ2n) is 6.90. The molecule has 0 spiro atoms. The van der Waals surface area contributed by atoms with Gasteiger partial charge in [0.25, 0.3) is 5.91 Å². The van der Waals surface area contributed by atoms with Gasteiger partial charge in [-0.05, 0) is 23.6 Å². The lowest BCUT2D eigenvalue weighted by Crippen LogP contribution is -2.48. The summed E-state index contributed by atoms with van der Waals surface area (Å²) in [6.07, 6.45) is -0.302. The number of aliphatic hydroxyl groups excluding tert-OH is 1. The van der Waals surface area contributed by atoms with Gasteiger partial charge < -0.3 is 24.8 Å². The van der Waals surface area contributed by atoms with Gasteiger partial charge >= 0.3 is 0 Å². The zero-order valence-electron chi connectivity index (χ0n) is 15.7.